The van der Waals surface area contributed by atoms with Crippen LogP contribution >= 0.6 is 11.8 Å². The van der Waals surface area contributed by atoms with E-state index < -0.39 is 0 Å². The number of rotatable bonds is 5. The molecule has 3 unspecified atom stereocenters. The van der Waals surface area contributed by atoms with E-state index in [1.807, 2.05) is 30.0 Å². The summed E-state index contributed by atoms with van der Waals surface area (Å²) in [5, 5.41) is 0. The minimum absolute atomic E-state index is 0.126. The molecule has 3 rings (SSSR count). The van der Waals surface area contributed by atoms with Crippen LogP contribution in [0.5, 0.6) is 5.75 Å². The van der Waals surface area contributed by atoms with Gasteiger partial charge in [0.25, 0.3) is 0 Å². The van der Waals surface area contributed by atoms with E-state index in [9.17, 15) is 0 Å². The van der Waals surface area contributed by atoms with Crippen LogP contribution < -0.4 is 16.0 Å². The van der Waals surface area contributed by atoms with E-state index in [0.717, 1.165) is 31.0 Å². The monoisotopic (exact) mass is 294 g/mol. The Morgan fingerprint density at radius 2 is 2.30 bits per heavy atom. The molecule has 1 aromatic carbocycles. The zero-order valence-electron chi connectivity index (χ0n) is 11.6. The van der Waals surface area contributed by atoms with Crippen LogP contribution in [0.3, 0.4) is 0 Å². The van der Waals surface area contributed by atoms with E-state index in [1.165, 1.54) is 17.7 Å². The van der Waals surface area contributed by atoms with Crippen molar-refractivity contribution in [3.05, 3.63) is 24.3 Å². The molecular formula is C15H22N2O2S. The summed E-state index contributed by atoms with van der Waals surface area (Å²) in [6, 6.07) is 8.38. The van der Waals surface area contributed by atoms with Gasteiger partial charge in [0.15, 0.2) is 0 Å². The van der Waals surface area contributed by atoms with E-state index >= 15 is 0 Å². The highest BCUT2D eigenvalue weighted by Gasteiger charge is 2.28. The molecule has 0 aromatic heterocycles. The summed E-state index contributed by atoms with van der Waals surface area (Å²) in [5.74, 6) is 7.65. The smallest absolute Gasteiger partial charge is 0.133 e. The van der Waals surface area contributed by atoms with Crippen molar-refractivity contribution in [2.24, 2.45) is 5.84 Å². The topological polar surface area (TPSA) is 56.5 Å². The third kappa shape index (κ3) is 3.28. The maximum atomic E-state index is 6.10. The molecule has 2 heterocycles. The summed E-state index contributed by atoms with van der Waals surface area (Å²) < 4.78 is 11.8. The Morgan fingerprint density at radius 1 is 1.40 bits per heavy atom. The predicted molar refractivity (Wildman–Crippen MR) is 80.9 cm³/mol. The largest absolute Gasteiger partial charge is 0.487 e. The van der Waals surface area contributed by atoms with E-state index in [2.05, 4.69) is 11.5 Å². The Kier molecular flexibility index (Phi) is 4.83. The highest BCUT2D eigenvalue weighted by atomic mass is 32.2. The lowest BCUT2D eigenvalue weighted by atomic mass is 10.0. The van der Waals surface area contributed by atoms with Gasteiger partial charge in [0.05, 0.1) is 12.1 Å². The molecule has 4 nitrogen and oxygen atoms in total. The van der Waals surface area contributed by atoms with Gasteiger partial charge in [0.2, 0.25) is 0 Å². The number of thioether (sulfide) groups is 1. The second-order valence-corrected chi connectivity index (χ2v) is 6.46. The first kappa shape index (κ1) is 14.2. The van der Waals surface area contributed by atoms with E-state index in [1.54, 1.807) is 0 Å². The zero-order valence-corrected chi connectivity index (χ0v) is 12.4. The van der Waals surface area contributed by atoms with Gasteiger partial charge in [-0.3, -0.25) is 11.3 Å². The molecule has 2 aliphatic heterocycles. The van der Waals surface area contributed by atoms with Gasteiger partial charge in [-0.1, -0.05) is 12.1 Å². The van der Waals surface area contributed by atoms with Crippen LogP contribution in [0, 0.1) is 0 Å². The number of nitrogens with one attached hydrogen (secondary N) is 1. The van der Waals surface area contributed by atoms with Crippen molar-refractivity contribution in [3.8, 4) is 5.75 Å². The SMILES string of the molecule is NNC(CCC1CCCO1)C1CSc2ccccc2O1. The molecular weight excluding hydrogens is 272 g/mol. The summed E-state index contributed by atoms with van der Waals surface area (Å²) in [7, 11) is 0. The summed E-state index contributed by atoms with van der Waals surface area (Å²) in [6.45, 7) is 0.911. The highest BCUT2D eigenvalue weighted by Crippen LogP contribution is 2.36. The van der Waals surface area contributed by atoms with Gasteiger partial charge in [-0.25, -0.2) is 0 Å². The molecule has 110 valence electrons. The lowest BCUT2D eigenvalue weighted by molar-refractivity contribution is 0.0901. The van der Waals surface area contributed by atoms with E-state index in [4.69, 9.17) is 15.3 Å². The number of ether oxygens (including phenoxy) is 2. The molecule has 1 saturated heterocycles. The van der Waals surface area contributed by atoms with Crippen LogP contribution in [0.15, 0.2) is 29.2 Å². The Hall–Kier alpha value is -0.750. The molecule has 5 heteroatoms. The maximum Gasteiger partial charge on any atom is 0.133 e. The molecule has 20 heavy (non-hydrogen) atoms. The highest BCUT2D eigenvalue weighted by molar-refractivity contribution is 7.99. The van der Waals surface area contributed by atoms with E-state index in [0.29, 0.717) is 6.10 Å². The third-order valence-corrected chi connectivity index (χ3v) is 5.16. The standard InChI is InChI=1S/C15H22N2O2S/c16-17-12(8-7-11-4-3-9-18-11)14-10-20-15-6-2-1-5-13(15)19-14/h1-2,5-6,11-12,14,17H,3-4,7-10,16H2. The van der Waals surface area contributed by atoms with Crippen molar-refractivity contribution in [3.63, 3.8) is 0 Å². The van der Waals surface area contributed by atoms with Crippen molar-refractivity contribution in [1.29, 1.82) is 0 Å². The number of hydrogen-bond acceptors (Lipinski definition) is 5. The first-order valence-electron chi connectivity index (χ1n) is 7.33. The Labute approximate surface area is 124 Å². The molecule has 3 N–H and O–H groups in total. The van der Waals surface area contributed by atoms with Crippen LogP contribution in [0.25, 0.3) is 0 Å². The molecule has 1 fully saturated rings. The van der Waals surface area contributed by atoms with Crippen LogP contribution in [0.1, 0.15) is 25.7 Å². The quantitative estimate of drug-likeness (QED) is 0.645. The molecule has 2 aliphatic rings. The maximum absolute atomic E-state index is 6.10. The van der Waals surface area contributed by atoms with Crippen LogP contribution in [-0.2, 0) is 4.74 Å². The molecule has 0 amide bonds. The predicted octanol–water partition coefficient (Wildman–Crippen LogP) is 2.33. The van der Waals surface area contributed by atoms with Gasteiger partial charge in [-0.2, -0.15) is 0 Å². The van der Waals surface area contributed by atoms with Crippen LogP contribution in [0.4, 0.5) is 0 Å². The average molecular weight is 294 g/mol. The van der Waals surface area contributed by atoms with E-state index in [-0.39, 0.29) is 12.1 Å². The Balaban J connectivity index is 1.56. The van der Waals surface area contributed by atoms with Crippen molar-refractivity contribution in [2.75, 3.05) is 12.4 Å². The lowest BCUT2D eigenvalue weighted by Crippen LogP contribution is -2.49. The van der Waals surface area contributed by atoms with Gasteiger partial charge in [-0.05, 0) is 37.8 Å². The number of fused-ring (bicyclic) bond motifs is 1. The van der Waals surface area contributed by atoms with Crippen LogP contribution in [0.2, 0.25) is 0 Å². The van der Waals surface area contributed by atoms with Crippen molar-refractivity contribution in [2.45, 2.75) is 48.8 Å². The molecule has 0 radical (unpaired) electrons. The summed E-state index contributed by atoms with van der Waals surface area (Å²) in [4.78, 5) is 1.22. The van der Waals surface area contributed by atoms with Crippen molar-refractivity contribution in [1.82, 2.24) is 5.43 Å². The Morgan fingerprint density at radius 3 is 3.10 bits per heavy atom. The minimum Gasteiger partial charge on any atom is -0.487 e. The van der Waals surface area contributed by atoms with Crippen molar-refractivity contribution >= 4 is 11.8 Å². The summed E-state index contributed by atoms with van der Waals surface area (Å²) >= 11 is 1.85. The first-order chi connectivity index (χ1) is 9.86. The van der Waals surface area contributed by atoms with Gasteiger partial charge < -0.3 is 9.47 Å². The minimum atomic E-state index is 0.126. The molecule has 1 aromatic rings. The molecule has 0 saturated carbocycles. The number of hydrazine groups is 1. The fraction of sp³-hybridized carbons (Fsp3) is 0.600. The summed E-state index contributed by atoms with van der Waals surface area (Å²) in [5.41, 5.74) is 2.93. The Bertz CT molecular complexity index is 438. The average Bonchev–Trinajstić information content (AvgIpc) is 3.01. The number of para-hydroxylation sites is 1. The lowest BCUT2D eigenvalue weighted by Gasteiger charge is -2.31. The molecule has 3 atom stereocenters. The second kappa shape index (κ2) is 6.80. The fourth-order valence-corrected chi connectivity index (χ4v) is 3.93. The van der Waals surface area contributed by atoms with Gasteiger partial charge in [-0.15, -0.1) is 11.8 Å². The molecule has 0 bridgehead atoms. The second-order valence-electron chi connectivity index (χ2n) is 5.40. The van der Waals surface area contributed by atoms with Crippen LogP contribution in [-0.4, -0.2) is 30.6 Å². The molecule has 0 aliphatic carbocycles. The third-order valence-electron chi connectivity index (χ3n) is 4.02. The fourth-order valence-electron chi connectivity index (χ4n) is 2.85. The van der Waals surface area contributed by atoms with Gasteiger partial charge >= 0.3 is 0 Å². The number of nitrogens with two attached hydrogens (primary N) is 1. The zero-order chi connectivity index (χ0) is 13.8. The first-order valence-corrected chi connectivity index (χ1v) is 8.31. The number of hydrogen-bond donors (Lipinski definition) is 2. The van der Waals surface area contributed by atoms with Crippen molar-refractivity contribution < 1.29 is 9.47 Å². The normalized spacial score (nSPS) is 26.9. The number of benzene rings is 1. The van der Waals surface area contributed by atoms with Gasteiger partial charge in [0, 0.05) is 17.3 Å². The van der Waals surface area contributed by atoms with Gasteiger partial charge in [0.1, 0.15) is 11.9 Å². The molecule has 0 spiro atoms. The summed E-state index contributed by atoms with van der Waals surface area (Å²) in [6.07, 6.45) is 4.96.